The summed E-state index contributed by atoms with van der Waals surface area (Å²) in [6.07, 6.45) is 0. The second-order valence-corrected chi connectivity index (χ2v) is 4.35. The zero-order valence-corrected chi connectivity index (χ0v) is 9.34. The van der Waals surface area contributed by atoms with Gasteiger partial charge in [0, 0.05) is 14.1 Å². The van der Waals surface area contributed by atoms with E-state index in [1.807, 2.05) is 24.3 Å². The lowest BCUT2D eigenvalue weighted by atomic mass is 10.3. The van der Waals surface area contributed by atoms with Crippen LogP contribution in [-0.2, 0) is 0 Å². The van der Waals surface area contributed by atoms with Gasteiger partial charge in [0.05, 0.1) is 10.2 Å². The first kappa shape index (κ1) is 10.1. The van der Waals surface area contributed by atoms with Crippen LogP contribution in [0.15, 0.2) is 24.3 Å². The summed E-state index contributed by atoms with van der Waals surface area (Å²) in [6, 6.07) is 7.71. The molecule has 78 valence electrons. The fourth-order valence-electron chi connectivity index (χ4n) is 1.22. The number of benzene rings is 1. The molecule has 0 bridgehead atoms. The Kier molecular flexibility index (Phi) is 2.66. The number of rotatable bonds is 2. The molecule has 2 aromatic rings. The maximum absolute atomic E-state index is 11.6. The fourth-order valence-corrected chi connectivity index (χ4v) is 2.08. The van der Waals surface area contributed by atoms with Gasteiger partial charge in [-0.1, -0.05) is 12.1 Å². The number of amides is 1. The number of para-hydroxylation sites is 1. The first-order valence-corrected chi connectivity index (χ1v) is 5.32. The van der Waals surface area contributed by atoms with E-state index in [0.29, 0.717) is 5.01 Å². The Labute approximate surface area is 91.5 Å². The zero-order valence-electron chi connectivity index (χ0n) is 8.52. The number of carbonyl (C=O) groups excluding carboxylic acids is 1. The maximum atomic E-state index is 11.6. The number of thiazole rings is 1. The van der Waals surface area contributed by atoms with Crippen LogP contribution < -0.4 is 5.43 Å². The van der Waals surface area contributed by atoms with Crippen LogP contribution in [-0.4, -0.2) is 30.0 Å². The summed E-state index contributed by atoms with van der Waals surface area (Å²) >= 11 is 1.40. The highest BCUT2D eigenvalue weighted by Gasteiger charge is 2.11. The van der Waals surface area contributed by atoms with Gasteiger partial charge < -0.3 is 0 Å². The molecule has 5 heteroatoms. The number of nitrogens with zero attached hydrogens (tertiary/aromatic N) is 2. The average molecular weight is 221 g/mol. The minimum absolute atomic E-state index is 0.166. The van der Waals surface area contributed by atoms with Crippen molar-refractivity contribution >= 4 is 27.5 Å². The van der Waals surface area contributed by atoms with Gasteiger partial charge in [-0.3, -0.25) is 10.2 Å². The molecule has 1 aromatic carbocycles. The molecule has 0 spiro atoms. The van der Waals surface area contributed by atoms with Crippen molar-refractivity contribution < 1.29 is 4.79 Å². The van der Waals surface area contributed by atoms with Crippen LogP contribution in [0, 0.1) is 0 Å². The molecule has 1 aromatic heterocycles. The Hall–Kier alpha value is -1.46. The maximum Gasteiger partial charge on any atom is 0.294 e. The van der Waals surface area contributed by atoms with Gasteiger partial charge >= 0.3 is 0 Å². The van der Waals surface area contributed by atoms with Gasteiger partial charge in [-0.25, -0.2) is 9.99 Å². The molecule has 0 fully saturated rings. The van der Waals surface area contributed by atoms with Crippen molar-refractivity contribution in [3.05, 3.63) is 29.3 Å². The van der Waals surface area contributed by atoms with Crippen LogP contribution in [0.2, 0.25) is 0 Å². The highest BCUT2D eigenvalue weighted by Crippen LogP contribution is 2.21. The van der Waals surface area contributed by atoms with Gasteiger partial charge in [-0.15, -0.1) is 11.3 Å². The molecule has 0 unspecified atom stereocenters. The lowest BCUT2D eigenvalue weighted by Crippen LogP contribution is -2.35. The number of nitrogens with one attached hydrogen (secondary N) is 1. The highest BCUT2D eigenvalue weighted by atomic mass is 32.1. The van der Waals surface area contributed by atoms with Crippen molar-refractivity contribution in [2.24, 2.45) is 0 Å². The van der Waals surface area contributed by atoms with Gasteiger partial charge in [-0.05, 0) is 12.1 Å². The van der Waals surface area contributed by atoms with E-state index < -0.39 is 0 Å². The molecule has 0 aliphatic heterocycles. The summed E-state index contributed by atoms with van der Waals surface area (Å²) in [5.41, 5.74) is 3.53. The summed E-state index contributed by atoms with van der Waals surface area (Å²) in [5, 5.41) is 2.10. The predicted octanol–water partition coefficient (Wildman–Crippen LogP) is 1.50. The molecule has 1 heterocycles. The molecule has 1 amide bonds. The van der Waals surface area contributed by atoms with Gasteiger partial charge in [-0.2, -0.15) is 0 Å². The Morgan fingerprint density at radius 2 is 2.13 bits per heavy atom. The van der Waals surface area contributed by atoms with E-state index in [0.717, 1.165) is 10.2 Å². The van der Waals surface area contributed by atoms with Gasteiger partial charge in [0.2, 0.25) is 0 Å². The summed E-state index contributed by atoms with van der Waals surface area (Å²) in [5.74, 6) is -0.166. The number of hydrogen-bond donors (Lipinski definition) is 1. The van der Waals surface area contributed by atoms with E-state index in [9.17, 15) is 4.79 Å². The highest BCUT2D eigenvalue weighted by molar-refractivity contribution is 7.20. The predicted molar refractivity (Wildman–Crippen MR) is 60.8 cm³/mol. The fraction of sp³-hybridized carbons (Fsp3) is 0.200. The smallest absolute Gasteiger partial charge is 0.283 e. The third-order valence-corrected chi connectivity index (χ3v) is 2.85. The molecule has 0 saturated heterocycles. The summed E-state index contributed by atoms with van der Waals surface area (Å²) < 4.78 is 1.03. The molecule has 0 saturated carbocycles. The molecular weight excluding hydrogens is 210 g/mol. The Bertz CT molecular complexity index is 459. The molecule has 0 aliphatic rings. The van der Waals surface area contributed by atoms with Crippen molar-refractivity contribution in [2.45, 2.75) is 0 Å². The molecule has 2 rings (SSSR count). The van der Waals surface area contributed by atoms with E-state index in [2.05, 4.69) is 10.4 Å². The standard InChI is InChI=1S/C10H11N3OS/c1-13(2)12-9(14)10-11-7-5-3-4-6-8(7)15-10/h3-6H,1-2H3,(H,12,14). The minimum Gasteiger partial charge on any atom is -0.283 e. The van der Waals surface area contributed by atoms with Gasteiger partial charge in [0.15, 0.2) is 5.01 Å². The summed E-state index contributed by atoms with van der Waals surface area (Å²) in [4.78, 5) is 15.9. The first-order chi connectivity index (χ1) is 7.16. The van der Waals surface area contributed by atoms with E-state index >= 15 is 0 Å². The SMILES string of the molecule is CN(C)NC(=O)c1nc2ccccc2s1. The largest absolute Gasteiger partial charge is 0.294 e. The second-order valence-electron chi connectivity index (χ2n) is 3.32. The van der Waals surface area contributed by atoms with Crippen LogP contribution >= 0.6 is 11.3 Å². The topological polar surface area (TPSA) is 45.2 Å². The molecule has 4 nitrogen and oxygen atoms in total. The monoisotopic (exact) mass is 221 g/mol. The number of aromatic nitrogens is 1. The number of fused-ring (bicyclic) bond motifs is 1. The normalized spacial score (nSPS) is 10.9. The lowest BCUT2D eigenvalue weighted by Gasteiger charge is -2.09. The summed E-state index contributed by atoms with van der Waals surface area (Å²) in [7, 11) is 3.54. The third-order valence-electron chi connectivity index (χ3n) is 1.81. The Morgan fingerprint density at radius 3 is 2.80 bits per heavy atom. The number of hydrogen-bond acceptors (Lipinski definition) is 4. The average Bonchev–Trinajstić information content (AvgIpc) is 2.59. The van der Waals surface area contributed by atoms with Crippen molar-refractivity contribution in [1.29, 1.82) is 0 Å². The second kappa shape index (κ2) is 3.96. The van der Waals surface area contributed by atoms with Crippen LogP contribution in [0.4, 0.5) is 0 Å². The molecule has 0 atom stereocenters. The van der Waals surface area contributed by atoms with E-state index in [-0.39, 0.29) is 5.91 Å². The number of carbonyl (C=O) groups is 1. The first-order valence-electron chi connectivity index (χ1n) is 4.50. The molecular formula is C10H11N3OS. The van der Waals surface area contributed by atoms with E-state index in [1.54, 1.807) is 19.1 Å². The molecule has 0 aliphatic carbocycles. The van der Waals surface area contributed by atoms with Crippen LogP contribution in [0.3, 0.4) is 0 Å². The number of hydrazine groups is 1. The molecule has 15 heavy (non-hydrogen) atoms. The van der Waals surface area contributed by atoms with Crippen molar-refractivity contribution in [3.8, 4) is 0 Å². The third kappa shape index (κ3) is 2.14. The summed E-state index contributed by atoms with van der Waals surface area (Å²) in [6.45, 7) is 0. The van der Waals surface area contributed by atoms with Gasteiger partial charge in [0.25, 0.3) is 5.91 Å². The van der Waals surface area contributed by atoms with Crippen molar-refractivity contribution in [1.82, 2.24) is 15.4 Å². The van der Waals surface area contributed by atoms with Crippen LogP contribution in [0.5, 0.6) is 0 Å². The van der Waals surface area contributed by atoms with Crippen molar-refractivity contribution in [2.75, 3.05) is 14.1 Å². The van der Waals surface area contributed by atoms with Gasteiger partial charge in [0.1, 0.15) is 0 Å². The Morgan fingerprint density at radius 1 is 1.40 bits per heavy atom. The zero-order chi connectivity index (χ0) is 10.8. The van der Waals surface area contributed by atoms with E-state index in [4.69, 9.17) is 0 Å². The molecule has 0 radical (unpaired) electrons. The van der Waals surface area contributed by atoms with Crippen molar-refractivity contribution in [3.63, 3.8) is 0 Å². The van der Waals surface area contributed by atoms with Crippen LogP contribution in [0.25, 0.3) is 10.2 Å². The van der Waals surface area contributed by atoms with Crippen LogP contribution in [0.1, 0.15) is 9.80 Å². The Balaban J connectivity index is 2.32. The lowest BCUT2D eigenvalue weighted by molar-refractivity contribution is 0.0857. The minimum atomic E-state index is -0.166. The van der Waals surface area contributed by atoms with E-state index in [1.165, 1.54) is 11.3 Å². The quantitative estimate of drug-likeness (QED) is 0.782. The molecule has 1 N–H and O–H groups in total.